The Kier molecular flexibility index (Phi) is 4.93. The summed E-state index contributed by atoms with van der Waals surface area (Å²) in [6, 6.07) is 20.1. The zero-order valence-corrected chi connectivity index (χ0v) is 16.0. The maximum atomic E-state index is 13.2. The van der Waals surface area contributed by atoms with Crippen LogP contribution in [0.5, 0.6) is 0 Å². The number of benzene rings is 2. The van der Waals surface area contributed by atoms with Gasteiger partial charge < -0.3 is 5.32 Å². The highest BCUT2D eigenvalue weighted by Gasteiger charge is 2.28. The molecule has 0 unspecified atom stereocenters. The number of para-hydroxylation sites is 1. The van der Waals surface area contributed by atoms with Crippen LogP contribution in [0.3, 0.4) is 0 Å². The minimum absolute atomic E-state index is 0.0109. The monoisotopic (exact) mass is 358 g/mol. The minimum Gasteiger partial charge on any atom is -0.349 e. The van der Waals surface area contributed by atoms with Gasteiger partial charge in [0, 0.05) is 17.0 Å². The largest absolute Gasteiger partial charge is 0.349 e. The predicted octanol–water partition coefficient (Wildman–Crippen LogP) is 5.46. The highest BCUT2D eigenvalue weighted by molar-refractivity contribution is 6.07. The fourth-order valence-electron chi connectivity index (χ4n) is 4.15. The second kappa shape index (κ2) is 7.51. The highest BCUT2D eigenvalue weighted by atomic mass is 16.1. The number of nitrogens with zero attached hydrogens (tertiary/aromatic N) is 1. The summed E-state index contributed by atoms with van der Waals surface area (Å²) in [6.45, 7) is 4.55. The van der Waals surface area contributed by atoms with Crippen LogP contribution in [0.4, 0.5) is 0 Å². The van der Waals surface area contributed by atoms with Crippen LogP contribution >= 0.6 is 0 Å². The van der Waals surface area contributed by atoms with E-state index in [4.69, 9.17) is 4.98 Å². The van der Waals surface area contributed by atoms with Crippen LogP contribution in [0.1, 0.15) is 43.5 Å². The number of rotatable bonds is 3. The first-order valence-electron chi connectivity index (χ1n) is 9.89. The molecule has 0 aliphatic heterocycles. The second-order valence-corrected chi connectivity index (χ2v) is 7.79. The number of aromatic nitrogens is 1. The Morgan fingerprint density at radius 2 is 1.74 bits per heavy atom. The number of nitrogens with one attached hydrogen (secondary N) is 1. The van der Waals surface area contributed by atoms with E-state index in [0.717, 1.165) is 28.6 Å². The van der Waals surface area contributed by atoms with Gasteiger partial charge in [0.15, 0.2) is 0 Å². The van der Waals surface area contributed by atoms with Crippen LogP contribution in [0.2, 0.25) is 0 Å². The standard InChI is InChI=1S/C24H26N2O/c1-16-9-8-14-21(17(16)2)26-24(27)20-15-23(18-10-4-3-5-11-18)25-22-13-7-6-12-19(20)22/h3-7,10-13,15-17,21H,8-9,14H2,1-2H3,(H,26,27)/t16-,17-,21+/m1/s1. The van der Waals surface area contributed by atoms with Crippen LogP contribution in [0.15, 0.2) is 60.7 Å². The lowest BCUT2D eigenvalue weighted by Crippen LogP contribution is -2.43. The molecule has 1 saturated carbocycles. The van der Waals surface area contributed by atoms with Crippen LogP contribution < -0.4 is 5.32 Å². The summed E-state index contributed by atoms with van der Waals surface area (Å²) in [7, 11) is 0. The Morgan fingerprint density at radius 3 is 2.56 bits per heavy atom. The Labute approximate surface area is 160 Å². The molecule has 0 spiro atoms. The van der Waals surface area contributed by atoms with E-state index in [1.807, 2.05) is 60.7 Å². The molecule has 1 heterocycles. The van der Waals surface area contributed by atoms with Crippen molar-refractivity contribution in [3.8, 4) is 11.3 Å². The lowest BCUT2D eigenvalue weighted by molar-refractivity contribution is 0.0892. The van der Waals surface area contributed by atoms with E-state index in [1.165, 1.54) is 12.8 Å². The molecule has 1 fully saturated rings. The van der Waals surface area contributed by atoms with Crippen molar-refractivity contribution in [1.29, 1.82) is 0 Å². The van der Waals surface area contributed by atoms with Crippen molar-refractivity contribution in [3.05, 3.63) is 66.2 Å². The van der Waals surface area contributed by atoms with Crippen LogP contribution in [0.25, 0.3) is 22.2 Å². The van der Waals surface area contributed by atoms with Gasteiger partial charge in [-0.2, -0.15) is 0 Å². The van der Waals surface area contributed by atoms with E-state index >= 15 is 0 Å². The molecule has 1 N–H and O–H groups in total. The quantitative estimate of drug-likeness (QED) is 0.676. The molecule has 138 valence electrons. The van der Waals surface area contributed by atoms with Crippen LogP contribution in [0, 0.1) is 11.8 Å². The number of carbonyl (C=O) groups is 1. The fraction of sp³-hybridized carbons (Fsp3) is 0.333. The van der Waals surface area contributed by atoms with Crippen molar-refractivity contribution in [3.63, 3.8) is 0 Å². The first kappa shape index (κ1) is 17.7. The average Bonchev–Trinajstić information content (AvgIpc) is 2.71. The van der Waals surface area contributed by atoms with E-state index in [-0.39, 0.29) is 11.9 Å². The van der Waals surface area contributed by atoms with Gasteiger partial charge >= 0.3 is 0 Å². The third kappa shape index (κ3) is 3.59. The van der Waals surface area contributed by atoms with E-state index in [0.29, 0.717) is 17.4 Å². The molecule has 3 atom stereocenters. The van der Waals surface area contributed by atoms with E-state index in [2.05, 4.69) is 19.2 Å². The van der Waals surface area contributed by atoms with Crippen molar-refractivity contribution in [2.24, 2.45) is 11.8 Å². The first-order chi connectivity index (χ1) is 13.1. The van der Waals surface area contributed by atoms with Crippen molar-refractivity contribution < 1.29 is 4.79 Å². The zero-order chi connectivity index (χ0) is 18.8. The number of hydrogen-bond donors (Lipinski definition) is 1. The van der Waals surface area contributed by atoms with E-state index in [1.54, 1.807) is 0 Å². The number of amides is 1. The molecular weight excluding hydrogens is 332 g/mol. The number of carbonyl (C=O) groups excluding carboxylic acids is 1. The first-order valence-corrected chi connectivity index (χ1v) is 9.89. The van der Waals surface area contributed by atoms with Crippen molar-refractivity contribution in [2.45, 2.75) is 39.2 Å². The molecule has 4 rings (SSSR count). The van der Waals surface area contributed by atoms with Gasteiger partial charge in [0.25, 0.3) is 5.91 Å². The summed E-state index contributed by atoms with van der Waals surface area (Å²) in [5.74, 6) is 1.17. The van der Waals surface area contributed by atoms with Gasteiger partial charge in [0.2, 0.25) is 0 Å². The third-order valence-corrected chi connectivity index (χ3v) is 6.05. The molecule has 1 aliphatic rings. The smallest absolute Gasteiger partial charge is 0.252 e. The maximum absolute atomic E-state index is 13.2. The van der Waals surface area contributed by atoms with Gasteiger partial charge in [-0.1, -0.05) is 75.2 Å². The van der Waals surface area contributed by atoms with Gasteiger partial charge in [0.1, 0.15) is 0 Å². The zero-order valence-electron chi connectivity index (χ0n) is 16.0. The molecule has 1 amide bonds. The molecule has 0 saturated heterocycles. The van der Waals surface area contributed by atoms with E-state index in [9.17, 15) is 4.79 Å². The number of pyridine rings is 1. The normalized spacial score (nSPS) is 22.5. The summed E-state index contributed by atoms with van der Waals surface area (Å²) < 4.78 is 0. The Bertz CT molecular complexity index is 951. The molecule has 3 nitrogen and oxygen atoms in total. The van der Waals surface area contributed by atoms with Gasteiger partial charge in [-0.25, -0.2) is 4.98 Å². The third-order valence-electron chi connectivity index (χ3n) is 6.05. The van der Waals surface area contributed by atoms with Gasteiger partial charge in [-0.05, 0) is 30.4 Å². The lowest BCUT2D eigenvalue weighted by Gasteiger charge is -2.34. The average molecular weight is 358 g/mol. The van der Waals surface area contributed by atoms with Gasteiger partial charge in [0.05, 0.1) is 16.8 Å². The lowest BCUT2D eigenvalue weighted by atomic mass is 9.78. The SMILES string of the molecule is C[C@@H]1[C@H](C)CCC[C@@H]1NC(=O)c1cc(-c2ccccc2)nc2ccccc12. The Balaban J connectivity index is 1.72. The van der Waals surface area contributed by atoms with Crippen molar-refractivity contribution >= 4 is 16.8 Å². The molecular formula is C24H26N2O. The molecule has 27 heavy (non-hydrogen) atoms. The highest BCUT2D eigenvalue weighted by Crippen LogP contribution is 2.30. The topological polar surface area (TPSA) is 42.0 Å². The molecule has 0 radical (unpaired) electrons. The Hall–Kier alpha value is -2.68. The fourth-order valence-corrected chi connectivity index (χ4v) is 4.15. The second-order valence-electron chi connectivity index (χ2n) is 7.79. The number of hydrogen-bond acceptors (Lipinski definition) is 2. The summed E-state index contributed by atoms with van der Waals surface area (Å²) in [4.78, 5) is 18.0. The van der Waals surface area contributed by atoms with Crippen LogP contribution in [-0.2, 0) is 0 Å². The molecule has 2 aromatic carbocycles. The molecule has 3 aromatic rings. The van der Waals surface area contributed by atoms with E-state index < -0.39 is 0 Å². The van der Waals surface area contributed by atoms with Gasteiger partial charge in [-0.15, -0.1) is 0 Å². The van der Waals surface area contributed by atoms with Crippen molar-refractivity contribution in [2.75, 3.05) is 0 Å². The van der Waals surface area contributed by atoms with Crippen molar-refractivity contribution in [1.82, 2.24) is 10.3 Å². The minimum atomic E-state index is 0.0109. The molecule has 3 heteroatoms. The summed E-state index contributed by atoms with van der Waals surface area (Å²) >= 11 is 0. The maximum Gasteiger partial charge on any atom is 0.252 e. The predicted molar refractivity (Wildman–Crippen MR) is 111 cm³/mol. The van der Waals surface area contributed by atoms with Crippen LogP contribution in [-0.4, -0.2) is 16.9 Å². The summed E-state index contributed by atoms with van der Waals surface area (Å²) in [5, 5.41) is 4.23. The van der Waals surface area contributed by atoms with Gasteiger partial charge in [-0.3, -0.25) is 4.79 Å². The summed E-state index contributed by atoms with van der Waals surface area (Å²) in [5.41, 5.74) is 3.43. The molecule has 0 bridgehead atoms. The molecule has 1 aromatic heterocycles. The Morgan fingerprint density at radius 1 is 1.00 bits per heavy atom. The molecule has 1 aliphatic carbocycles. The summed E-state index contributed by atoms with van der Waals surface area (Å²) in [6.07, 6.45) is 3.50. The number of fused-ring (bicyclic) bond motifs is 1.